The van der Waals surface area contributed by atoms with Gasteiger partial charge >= 0.3 is 6.18 Å². The second kappa shape index (κ2) is 7.21. The monoisotopic (exact) mass is 414 g/mol. The molecule has 4 nitrogen and oxygen atoms in total. The molecule has 0 aliphatic heterocycles. The van der Waals surface area contributed by atoms with E-state index < -0.39 is 22.7 Å². The Bertz CT molecular complexity index is 1200. The van der Waals surface area contributed by atoms with Crippen LogP contribution >= 0.6 is 11.3 Å². The summed E-state index contributed by atoms with van der Waals surface area (Å²) in [5.74, 6) is -0.897. The number of benzene rings is 3. The van der Waals surface area contributed by atoms with E-state index in [0.717, 1.165) is 0 Å². The molecule has 0 saturated carbocycles. The number of carbonyl (C=O) groups excluding carboxylic acids is 1. The highest BCUT2D eigenvalue weighted by Crippen LogP contribution is 2.38. The van der Waals surface area contributed by atoms with Crippen molar-refractivity contribution in [1.82, 2.24) is 4.98 Å². The molecule has 0 saturated heterocycles. The van der Waals surface area contributed by atoms with Crippen LogP contribution in [0.5, 0.6) is 5.75 Å². The van der Waals surface area contributed by atoms with Gasteiger partial charge in [-0.25, -0.2) is 4.98 Å². The molecule has 0 fully saturated rings. The molecule has 4 aromatic rings. The largest absolute Gasteiger partial charge is 0.507 e. The fraction of sp³-hybridized carbons (Fsp3) is 0.0476. The van der Waals surface area contributed by atoms with Gasteiger partial charge in [-0.3, -0.25) is 4.79 Å². The number of phenols is 1. The van der Waals surface area contributed by atoms with Gasteiger partial charge in [-0.05, 0) is 12.1 Å². The Hall–Kier alpha value is -3.39. The zero-order valence-electron chi connectivity index (χ0n) is 14.7. The Kier molecular flexibility index (Phi) is 4.71. The fourth-order valence-corrected chi connectivity index (χ4v) is 3.94. The van der Waals surface area contributed by atoms with Gasteiger partial charge < -0.3 is 10.4 Å². The van der Waals surface area contributed by atoms with Crippen molar-refractivity contribution in [2.75, 3.05) is 5.32 Å². The summed E-state index contributed by atoms with van der Waals surface area (Å²) >= 11 is 0.683. The lowest BCUT2D eigenvalue weighted by molar-refractivity contribution is -0.140. The van der Waals surface area contributed by atoms with Crippen LogP contribution in [0, 0.1) is 0 Å². The van der Waals surface area contributed by atoms with E-state index in [9.17, 15) is 23.1 Å². The molecule has 2 N–H and O–H groups in total. The molecule has 4 rings (SSSR count). The standard InChI is InChI=1S/C21H13F3N2O2S/c22-21(23,24)18-17(29-20(26-18)12-6-2-1-3-7-12)19(28)25-15-10-4-9-14-13(15)8-5-11-16(14)27/h1-11,27H,(H,25,28). The van der Waals surface area contributed by atoms with E-state index in [1.54, 1.807) is 60.7 Å². The molecule has 0 unspecified atom stereocenters. The highest BCUT2D eigenvalue weighted by atomic mass is 32.1. The number of phenolic OH excluding ortho intramolecular Hbond substituents is 1. The molecule has 146 valence electrons. The molecule has 29 heavy (non-hydrogen) atoms. The number of thiazole rings is 1. The third-order valence-corrected chi connectivity index (χ3v) is 5.37. The van der Waals surface area contributed by atoms with Gasteiger partial charge in [-0.15, -0.1) is 11.3 Å². The lowest BCUT2D eigenvalue weighted by Gasteiger charge is -2.10. The molecule has 0 spiro atoms. The predicted molar refractivity (Wildman–Crippen MR) is 106 cm³/mol. The van der Waals surface area contributed by atoms with E-state index in [0.29, 0.717) is 33.4 Å². The predicted octanol–water partition coefficient (Wildman–Crippen LogP) is 5.94. The average molecular weight is 414 g/mol. The number of carbonyl (C=O) groups is 1. The maximum Gasteiger partial charge on any atom is 0.435 e. The van der Waals surface area contributed by atoms with Crippen molar-refractivity contribution >= 4 is 33.7 Å². The number of nitrogens with zero attached hydrogens (tertiary/aromatic N) is 1. The van der Waals surface area contributed by atoms with Crippen LogP contribution in [-0.4, -0.2) is 16.0 Å². The number of halogens is 3. The summed E-state index contributed by atoms with van der Waals surface area (Å²) in [5.41, 5.74) is -0.426. The minimum Gasteiger partial charge on any atom is -0.507 e. The molecule has 1 heterocycles. The number of hydrogen-bond acceptors (Lipinski definition) is 4. The lowest BCUT2D eigenvalue weighted by atomic mass is 10.1. The second-order valence-corrected chi connectivity index (χ2v) is 7.19. The minimum atomic E-state index is -4.77. The second-order valence-electron chi connectivity index (χ2n) is 6.19. The van der Waals surface area contributed by atoms with Crippen molar-refractivity contribution in [3.05, 3.63) is 77.3 Å². The number of fused-ring (bicyclic) bond motifs is 1. The van der Waals surface area contributed by atoms with Crippen LogP contribution in [0.25, 0.3) is 21.3 Å². The van der Waals surface area contributed by atoms with E-state index in [-0.39, 0.29) is 10.8 Å². The van der Waals surface area contributed by atoms with Gasteiger partial charge in [0.05, 0.1) is 0 Å². The Morgan fingerprint density at radius 2 is 1.62 bits per heavy atom. The molecule has 3 aromatic carbocycles. The first-order valence-electron chi connectivity index (χ1n) is 8.50. The number of hydrogen-bond donors (Lipinski definition) is 2. The third-order valence-electron chi connectivity index (χ3n) is 4.27. The van der Waals surface area contributed by atoms with Gasteiger partial charge in [0.15, 0.2) is 5.69 Å². The van der Waals surface area contributed by atoms with E-state index in [1.165, 1.54) is 6.07 Å². The molecular formula is C21H13F3N2O2S. The summed E-state index contributed by atoms with van der Waals surface area (Å²) in [6, 6.07) is 17.9. The maximum atomic E-state index is 13.5. The summed E-state index contributed by atoms with van der Waals surface area (Å²) in [6.07, 6.45) is -4.77. The summed E-state index contributed by atoms with van der Waals surface area (Å²) in [7, 11) is 0. The van der Waals surface area contributed by atoms with Gasteiger partial charge in [0.1, 0.15) is 15.6 Å². The first-order chi connectivity index (χ1) is 13.8. The number of amides is 1. The Morgan fingerprint density at radius 3 is 2.34 bits per heavy atom. The smallest absolute Gasteiger partial charge is 0.435 e. The molecule has 1 aromatic heterocycles. The first-order valence-corrected chi connectivity index (χ1v) is 9.32. The van der Waals surface area contributed by atoms with Gasteiger partial charge in [0, 0.05) is 22.0 Å². The number of nitrogens with one attached hydrogen (secondary N) is 1. The molecule has 0 atom stereocenters. The molecule has 0 aliphatic carbocycles. The van der Waals surface area contributed by atoms with Crippen molar-refractivity contribution in [3.63, 3.8) is 0 Å². The normalized spacial score (nSPS) is 11.6. The van der Waals surface area contributed by atoms with Gasteiger partial charge in [-0.2, -0.15) is 13.2 Å². The van der Waals surface area contributed by atoms with Crippen LogP contribution in [0.2, 0.25) is 0 Å². The summed E-state index contributed by atoms with van der Waals surface area (Å²) in [6.45, 7) is 0. The van der Waals surface area contributed by atoms with Gasteiger partial charge in [-0.1, -0.05) is 54.6 Å². The summed E-state index contributed by atoms with van der Waals surface area (Å²) in [4.78, 5) is 15.9. The van der Waals surface area contributed by atoms with E-state index >= 15 is 0 Å². The van der Waals surface area contributed by atoms with Crippen molar-refractivity contribution in [2.24, 2.45) is 0 Å². The quantitative estimate of drug-likeness (QED) is 0.436. The maximum absolute atomic E-state index is 13.5. The van der Waals surface area contributed by atoms with E-state index in [1.807, 2.05) is 0 Å². The topological polar surface area (TPSA) is 62.2 Å². The number of anilines is 1. The van der Waals surface area contributed by atoms with Crippen molar-refractivity contribution in [2.45, 2.75) is 6.18 Å². The van der Waals surface area contributed by atoms with E-state index in [2.05, 4.69) is 10.3 Å². The third kappa shape index (κ3) is 3.66. The SMILES string of the molecule is O=C(Nc1cccc2c(O)cccc12)c1sc(-c2ccccc2)nc1C(F)(F)F. The Morgan fingerprint density at radius 1 is 0.931 bits per heavy atom. The van der Waals surface area contributed by atoms with Crippen molar-refractivity contribution < 1.29 is 23.1 Å². The molecule has 0 bridgehead atoms. The van der Waals surface area contributed by atoms with Crippen LogP contribution < -0.4 is 5.32 Å². The van der Waals surface area contributed by atoms with Crippen LogP contribution in [0.3, 0.4) is 0 Å². The number of aromatic nitrogens is 1. The molecule has 0 aliphatic rings. The number of alkyl halides is 3. The Balaban J connectivity index is 1.76. The molecule has 8 heteroatoms. The fourth-order valence-electron chi connectivity index (χ4n) is 2.95. The van der Waals surface area contributed by atoms with Gasteiger partial charge in [0.2, 0.25) is 0 Å². The highest BCUT2D eigenvalue weighted by Gasteiger charge is 2.39. The Labute approximate surface area is 167 Å². The summed E-state index contributed by atoms with van der Waals surface area (Å²) in [5, 5.41) is 13.6. The highest BCUT2D eigenvalue weighted by molar-refractivity contribution is 7.17. The minimum absolute atomic E-state index is 0.0127. The molecular weight excluding hydrogens is 401 g/mol. The van der Waals surface area contributed by atoms with Crippen LogP contribution in [-0.2, 0) is 6.18 Å². The van der Waals surface area contributed by atoms with Crippen molar-refractivity contribution in [1.29, 1.82) is 0 Å². The zero-order valence-corrected chi connectivity index (χ0v) is 15.5. The first kappa shape index (κ1) is 18.9. The average Bonchev–Trinajstić information content (AvgIpc) is 3.16. The van der Waals surface area contributed by atoms with Crippen LogP contribution in [0.15, 0.2) is 66.7 Å². The van der Waals surface area contributed by atoms with Crippen molar-refractivity contribution in [3.8, 4) is 16.3 Å². The number of rotatable bonds is 3. The molecule has 0 radical (unpaired) electrons. The lowest BCUT2D eigenvalue weighted by Crippen LogP contribution is -2.17. The zero-order chi connectivity index (χ0) is 20.6. The summed E-state index contributed by atoms with van der Waals surface area (Å²) < 4.78 is 40.5. The van der Waals surface area contributed by atoms with Crippen LogP contribution in [0.4, 0.5) is 18.9 Å². The van der Waals surface area contributed by atoms with Gasteiger partial charge in [0.25, 0.3) is 5.91 Å². The number of aromatic hydroxyl groups is 1. The van der Waals surface area contributed by atoms with E-state index in [4.69, 9.17) is 0 Å². The van der Waals surface area contributed by atoms with Crippen LogP contribution in [0.1, 0.15) is 15.4 Å². The molecule has 1 amide bonds.